The van der Waals surface area contributed by atoms with Crippen molar-refractivity contribution in [3.05, 3.63) is 9.93 Å². The fourth-order valence-electron chi connectivity index (χ4n) is 0. The molecule has 0 bridgehead atoms. The molecule has 0 aliphatic carbocycles. The molecule has 6 heteroatoms. The van der Waals surface area contributed by atoms with Crippen LogP contribution in [0.5, 0.6) is 0 Å². The summed E-state index contributed by atoms with van der Waals surface area (Å²) < 4.78 is 0. The van der Waals surface area contributed by atoms with Crippen molar-refractivity contribution in [3.8, 4) is 0 Å². The summed E-state index contributed by atoms with van der Waals surface area (Å²) in [7, 11) is 1.00. The van der Waals surface area contributed by atoms with Crippen molar-refractivity contribution in [3.63, 3.8) is 0 Å². The van der Waals surface area contributed by atoms with Crippen LogP contribution in [0.25, 0.3) is 0 Å². The lowest BCUT2D eigenvalue weighted by molar-refractivity contribution is -0.176. The third-order valence-corrected chi connectivity index (χ3v) is 0. The van der Waals surface area contributed by atoms with Gasteiger partial charge in [0, 0.05) is 17.0 Å². The van der Waals surface area contributed by atoms with Crippen LogP contribution in [0.2, 0.25) is 0 Å². The fraction of sp³-hybridized carbons (Fsp3) is 1.00. The minimum absolute atomic E-state index is 0. The van der Waals surface area contributed by atoms with Crippen molar-refractivity contribution in [1.29, 1.82) is 0 Å². The minimum atomic E-state index is 0. The standard InChI is InChI=1S/CH4O.H2O2.O2.H2O/c3*1-2;/h2H,1H3;1-2H;;1H2. The zero-order valence-corrected chi connectivity index (χ0v) is 3.66. The van der Waals surface area contributed by atoms with Gasteiger partial charge in [0.25, 0.3) is 0 Å². The lowest BCUT2D eigenvalue weighted by Gasteiger charge is -1.25. The Kier molecular flexibility index (Phi) is 1560. The molecule has 0 rings (SSSR count). The number of aliphatic hydroxyl groups is 1. The summed E-state index contributed by atoms with van der Waals surface area (Å²) in [5.74, 6) is 0. The van der Waals surface area contributed by atoms with E-state index in [-0.39, 0.29) is 5.48 Å². The van der Waals surface area contributed by atoms with Gasteiger partial charge in [0.1, 0.15) is 0 Å². The first kappa shape index (κ1) is 32.0. The molecule has 0 heterocycles. The molecular weight excluding hydrogens is 108 g/mol. The third kappa shape index (κ3) is 205. The van der Waals surface area contributed by atoms with E-state index in [1.54, 1.807) is 0 Å². The highest BCUT2D eigenvalue weighted by Crippen LogP contribution is 0.755. The molecule has 0 aromatic carbocycles. The Morgan fingerprint density at radius 2 is 1.00 bits per heavy atom. The van der Waals surface area contributed by atoms with E-state index in [2.05, 4.69) is 0 Å². The van der Waals surface area contributed by atoms with Gasteiger partial charge in [-0.1, -0.05) is 0 Å². The van der Waals surface area contributed by atoms with Gasteiger partial charge < -0.3 is 10.6 Å². The molecule has 0 aliphatic rings. The van der Waals surface area contributed by atoms with Crippen LogP contribution in [0.3, 0.4) is 0 Å². The molecule has 5 N–H and O–H groups in total. The summed E-state index contributed by atoms with van der Waals surface area (Å²) >= 11 is 0. The summed E-state index contributed by atoms with van der Waals surface area (Å²) in [6.45, 7) is 0. The first-order valence-corrected chi connectivity index (χ1v) is 0.814. The van der Waals surface area contributed by atoms with E-state index >= 15 is 0 Å². The molecule has 0 radical (unpaired) electrons. The van der Waals surface area contributed by atoms with Crippen LogP contribution in [-0.2, 0) is 0 Å². The monoisotopic (exact) mass is 116 g/mol. The summed E-state index contributed by atoms with van der Waals surface area (Å²) in [6.07, 6.45) is 0. The lowest BCUT2D eigenvalue weighted by Crippen LogP contribution is -1.29. The van der Waals surface area contributed by atoms with Gasteiger partial charge in [-0.2, -0.15) is 0 Å². The van der Waals surface area contributed by atoms with E-state index in [0.29, 0.717) is 0 Å². The summed E-state index contributed by atoms with van der Waals surface area (Å²) in [6, 6.07) is 0. The van der Waals surface area contributed by atoms with Gasteiger partial charge in [0.15, 0.2) is 0 Å². The van der Waals surface area contributed by atoms with E-state index in [1.807, 2.05) is 0 Å². The van der Waals surface area contributed by atoms with Crippen molar-refractivity contribution < 1.29 is 21.1 Å². The van der Waals surface area contributed by atoms with E-state index in [9.17, 15) is 0 Å². The van der Waals surface area contributed by atoms with Crippen molar-refractivity contribution in [2.24, 2.45) is 0 Å². The largest absolute Gasteiger partial charge is 0.412 e. The number of hydrogen-bond donors (Lipinski definition) is 3. The Balaban J connectivity index is -0.00000000900. The molecule has 7 heavy (non-hydrogen) atoms. The summed E-state index contributed by atoms with van der Waals surface area (Å²) in [5, 5.41) is 19.0. The van der Waals surface area contributed by atoms with E-state index in [0.717, 1.165) is 7.11 Å². The van der Waals surface area contributed by atoms with Crippen LogP contribution >= 0.6 is 0 Å². The molecule has 0 atom stereocenters. The Labute approximate surface area is 39.5 Å². The molecular formula is CH8O6. The Morgan fingerprint density at radius 1 is 1.00 bits per heavy atom. The van der Waals surface area contributed by atoms with Gasteiger partial charge in [-0.05, 0) is 0 Å². The van der Waals surface area contributed by atoms with E-state index < -0.39 is 0 Å². The quantitative estimate of drug-likeness (QED) is 0.272. The van der Waals surface area contributed by atoms with Crippen molar-refractivity contribution in [2.75, 3.05) is 7.11 Å². The highest BCUT2D eigenvalue weighted by atomic mass is 17.0. The zero-order valence-electron chi connectivity index (χ0n) is 3.66. The maximum absolute atomic E-state index is 7.00. The predicted octanol–water partition coefficient (Wildman–Crippen LogP) is -1.13. The highest BCUT2D eigenvalue weighted by Gasteiger charge is 0.839. The summed E-state index contributed by atoms with van der Waals surface area (Å²) in [4.78, 5) is 14.0. The second-order valence-electron chi connectivity index (χ2n) is 0. The molecule has 0 amide bonds. The lowest BCUT2D eigenvalue weighted by atomic mass is 11.8. The van der Waals surface area contributed by atoms with Crippen molar-refractivity contribution in [2.45, 2.75) is 0 Å². The molecule has 0 saturated heterocycles. The average Bonchev–Trinajstić information content (AvgIpc) is 1.81. The van der Waals surface area contributed by atoms with Gasteiger partial charge >= 0.3 is 0 Å². The molecule has 0 unspecified atom stereocenters. The third-order valence-electron chi connectivity index (χ3n) is 0. The second kappa shape index (κ2) is 342. The maximum Gasteiger partial charge on any atom is 0.0319 e. The molecule has 0 aromatic rings. The SMILES string of the molecule is CO.O.O=O.OO. The Bertz CT molecular complexity index is 4.14. The molecule has 0 saturated carbocycles. The fourth-order valence-corrected chi connectivity index (χ4v) is 0. The van der Waals surface area contributed by atoms with Crippen LogP contribution in [0.15, 0.2) is 0 Å². The van der Waals surface area contributed by atoms with Crippen molar-refractivity contribution >= 4 is 0 Å². The summed E-state index contributed by atoms with van der Waals surface area (Å²) in [5.41, 5.74) is 0. The van der Waals surface area contributed by atoms with Crippen LogP contribution in [-0.4, -0.2) is 28.2 Å². The molecule has 0 aliphatic heterocycles. The number of hydrogen-bond acceptors (Lipinski definition) is 5. The van der Waals surface area contributed by atoms with Gasteiger partial charge in [0.05, 0.1) is 0 Å². The van der Waals surface area contributed by atoms with Crippen LogP contribution in [0, 0.1) is 9.93 Å². The predicted molar refractivity (Wildman–Crippen MR) is 23.7 cm³/mol. The minimum Gasteiger partial charge on any atom is -0.412 e. The van der Waals surface area contributed by atoms with Gasteiger partial charge in [-0.15, -0.1) is 0 Å². The van der Waals surface area contributed by atoms with E-state index in [1.165, 1.54) is 0 Å². The Hall–Kier alpha value is -0.560. The molecule has 48 valence electrons. The smallest absolute Gasteiger partial charge is 0.0319 e. The molecule has 6 nitrogen and oxygen atoms in total. The van der Waals surface area contributed by atoms with Crippen LogP contribution < -0.4 is 0 Å². The Morgan fingerprint density at radius 3 is 1.00 bits per heavy atom. The topological polar surface area (TPSA) is 126 Å². The number of aliphatic hydroxyl groups excluding tert-OH is 1. The zero-order chi connectivity index (χ0) is 6.00. The second-order valence-corrected chi connectivity index (χ2v) is 0. The van der Waals surface area contributed by atoms with Crippen LogP contribution in [0.4, 0.5) is 0 Å². The first-order valence-electron chi connectivity index (χ1n) is 0.814. The molecule has 0 aromatic heterocycles. The van der Waals surface area contributed by atoms with Gasteiger partial charge in [-0.3, -0.25) is 10.5 Å². The van der Waals surface area contributed by atoms with Gasteiger partial charge in [0.2, 0.25) is 0 Å². The molecule has 0 spiro atoms. The maximum atomic E-state index is 7.00. The average molecular weight is 116 g/mol. The molecule has 0 fully saturated rings. The van der Waals surface area contributed by atoms with Gasteiger partial charge in [-0.25, -0.2) is 0 Å². The number of rotatable bonds is 0. The van der Waals surface area contributed by atoms with E-state index in [4.69, 9.17) is 25.6 Å². The van der Waals surface area contributed by atoms with Crippen molar-refractivity contribution in [1.82, 2.24) is 0 Å². The van der Waals surface area contributed by atoms with Crippen LogP contribution in [0.1, 0.15) is 0 Å². The first-order chi connectivity index (χ1) is 3.00. The highest BCUT2D eigenvalue weighted by molar-refractivity contribution is 4.07. The normalized spacial score (nSPS) is 2.29.